The van der Waals surface area contributed by atoms with E-state index < -0.39 is 0 Å². The first-order valence-electron chi connectivity index (χ1n) is 7.87. The molecule has 7 heteroatoms. The van der Waals surface area contributed by atoms with Crippen LogP contribution in [0.4, 0.5) is 6.01 Å². The molecule has 122 valence electrons. The third kappa shape index (κ3) is 2.25. The van der Waals surface area contributed by atoms with Crippen molar-refractivity contribution in [2.24, 2.45) is 0 Å². The quantitative estimate of drug-likeness (QED) is 0.587. The summed E-state index contributed by atoms with van der Waals surface area (Å²) in [6.45, 7) is 0. The zero-order valence-corrected chi connectivity index (χ0v) is 13.1. The topological polar surface area (TPSA) is 94.8 Å². The van der Waals surface area contributed by atoms with Gasteiger partial charge in [-0.1, -0.05) is 12.1 Å². The Morgan fingerprint density at radius 2 is 2.16 bits per heavy atom. The molecule has 0 bridgehead atoms. The molecule has 0 saturated heterocycles. The average Bonchev–Trinajstić information content (AvgIpc) is 3.23. The highest BCUT2D eigenvalue weighted by molar-refractivity contribution is 5.75. The largest absolute Gasteiger partial charge is 0.424 e. The summed E-state index contributed by atoms with van der Waals surface area (Å²) in [5.41, 5.74) is 13.6. The number of anilines is 1. The van der Waals surface area contributed by atoms with E-state index in [1.165, 1.54) is 0 Å². The first-order chi connectivity index (χ1) is 12.3. The van der Waals surface area contributed by atoms with Gasteiger partial charge in [0.25, 0.3) is 6.01 Å². The molecular formula is C18H14N6O. The van der Waals surface area contributed by atoms with Gasteiger partial charge in [0.15, 0.2) is 11.4 Å². The predicted molar refractivity (Wildman–Crippen MR) is 95.0 cm³/mol. The molecule has 0 spiro atoms. The summed E-state index contributed by atoms with van der Waals surface area (Å²) < 4.78 is 7.31. The Kier molecular flexibility index (Phi) is 2.87. The van der Waals surface area contributed by atoms with E-state index in [-0.39, 0.29) is 12.1 Å². The van der Waals surface area contributed by atoms with Gasteiger partial charge >= 0.3 is 0 Å². The number of hydrogen-bond donors (Lipinski definition) is 2. The van der Waals surface area contributed by atoms with Gasteiger partial charge in [0.1, 0.15) is 5.52 Å². The second-order valence-corrected chi connectivity index (χ2v) is 5.82. The van der Waals surface area contributed by atoms with Crippen LogP contribution in [0.25, 0.3) is 28.4 Å². The lowest BCUT2D eigenvalue weighted by atomic mass is 10.1. The van der Waals surface area contributed by atoms with Crippen molar-refractivity contribution in [3.05, 3.63) is 66.4 Å². The summed E-state index contributed by atoms with van der Waals surface area (Å²) >= 11 is 0. The fourth-order valence-corrected chi connectivity index (χ4v) is 3.04. The summed E-state index contributed by atoms with van der Waals surface area (Å²) in [7, 11) is 0. The maximum atomic E-state index is 5.63. The van der Waals surface area contributed by atoms with Crippen molar-refractivity contribution in [3.8, 4) is 11.3 Å². The van der Waals surface area contributed by atoms with Crippen LogP contribution in [-0.4, -0.2) is 19.6 Å². The van der Waals surface area contributed by atoms with Gasteiger partial charge in [-0.3, -0.25) is 4.98 Å². The molecule has 0 radical (unpaired) electrons. The summed E-state index contributed by atoms with van der Waals surface area (Å²) in [6.07, 6.45) is 9.49. The Bertz CT molecular complexity index is 1100. The SMILES string of the molecule is Nc1nc2cc(C3C=Cc4ncc(-c5cccnc5)n4N3)ccc2o1. The minimum Gasteiger partial charge on any atom is -0.424 e. The summed E-state index contributed by atoms with van der Waals surface area (Å²) in [4.78, 5) is 12.8. The Morgan fingerprint density at radius 3 is 3.04 bits per heavy atom. The van der Waals surface area contributed by atoms with Gasteiger partial charge in [-0.05, 0) is 35.9 Å². The van der Waals surface area contributed by atoms with Crippen LogP contribution < -0.4 is 11.2 Å². The molecule has 1 unspecified atom stereocenters. The standard InChI is InChI=1S/C18H14N6O/c19-18-22-14-8-11(3-5-16(14)25-18)13-4-6-17-21-10-15(24(17)23-13)12-2-1-7-20-9-12/h1-10,13,23H,(H2,19,22). The first kappa shape index (κ1) is 13.8. The van der Waals surface area contributed by atoms with E-state index in [1.54, 1.807) is 6.20 Å². The van der Waals surface area contributed by atoms with Crippen molar-refractivity contribution >= 4 is 23.2 Å². The zero-order chi connectivity index (χ0) is 16.8. The smallest absolute Gasteiger partial charge is 0.292 e. The van der Waals surface area contributed by atoms with Crippen LogP contribution in [0.15, 0.2) is 59.4 Å². The van der Waals surface area contributed by atoms with E-state index in [2.05, 4.69) is 26.5 Å². The van der Waals surface area contributed by atoms with Crippen molar-refractivity contribution in [2.45, 2.75) is 6.04 Å². The van der Waals surface area contributed by atoms with Crippen molar-refractivity contribution in [1.29, 1.82) is 0 Å². The van der Waals surface area contributed by atoms with Crippen LogP contribution in [0.5, 0.6) is 0 Å². The van der Waals surface area contributed by atoms with Gasteiger partial charge in [-0.25, -0.2) is 9.66 Å². The van der Waals surface area contributed by atoms with Crippen LogP contribution in [0.2, 0.25) is 0 Å². The van der Waals surface area contributed by atoms with E-state index in [4.69, 9.17) is 10.2 Å². The Morgan fingerprint density at radius 1 is 1.20 bits per heavy atom. The second-order valence-electron chi connectivity index (χ2n) is 5.82. The highest BCUT2D eigenvalue weighted by Crippen LogP contribution is 2.28. The van der Waals surface area contributed by atoms with Crippen molar-refractivity contribution in [2.75, 3.05) is 11.2 Å². The van der Waals surface area contributed by atoms with Gasteiger partial charge in [-0.15, -0.1) is 0 Å². The highest BCUT2D eigenvalue weighted by atomic mass is 16.4. The normalized spacial score (nSPS) is 15.9. The van der Waals surface area contributed by atoms with E-state index in [1.807, 2.05) is 53.5 Å². The van der Waals surface area contributed by atoms with Crippen LogP contribution in [0, 0.1) is 0 Å². The van der Waals surface area contributed by atoms with Crippen molar-refractivity contribution in [3.63, 3.8) is 0 Å². The number of imidazole rings is 1. The number of pyridine rings is 1. The first-order valence-corrected chi connectivity index (χ1v) is 7.87. The molecule has 0 saturated carbocycles. The lowest BCUT2D eigenvalue weighted by molar-refractivity contribution is 0.626. The Labute approximate surface area is 142 Å². The molecule has 25 heavy (non-hydrogen) atoms. The molecule has 3 N–H and O–H groups in total. The summed E-state index contributed by atoms with van der Waals surface area (Å²) in [6, 6.07) is 9.94. The average molecular weight is 330 g/mol. The number of nitrogens with zero attached hydrogens (tertiary/aromatic N) is 4. The lowest BCUT2D eigenvalue weighted by Gasteiger charge is -2.24. The molecule has 4 aromatic rings. The van der Waals surface area contributed by atoms with Gasteiger partial charge in [0, 0.05) is 18.0 Å². The third-order valence-corrected chi connectivity index (χ3v) is 4.24. The predicted octanol–water partition coefficient (Wildman–Crippen LogP) is 2.98. The number of aromatic nitrogens is 4. The molecule has 1 aromatic carbocycles. The number of nitrogen functional groups attached to an aromatic ring is 1. The fourth-order valence-electron chi connectivity index (χ4n) is 3.04. The number of rotatable bonds is 2. The van der Waals surface area contributed by atoms with Crippen LogP contribution in [-0.2, 0) is 0 Å². The van der Waals surface area contributed by atoms with Gasteiger partial charge < -0.3 is 15.6 Å². The number of benzene rings is 1. The molecular weight excluding hydrogens is 316 g/mol. The number of nitrogens with two attached hydrogens (primary N) is 1. The van der Waals surface area contributed by atoms with E-state index in [0.717, 1.165) is 28.2 Å². The molecule has 0 aliphatic carbocycles. The monoisotopic (exact) mass is 330 g/mol. The van der Waals surface area contributed by atoms with Crippen molar-refractivity contribution < 1.29 is 4.42 Å². The summed E-state index contributed by atoms with van der Waals surface area (Å²) in [5.74, 6) is 0.849. The molecule has 3 aromatic heterocycles. The lowest BCUT2D eigenvalue weighted by Crippen LogP contribution is -2.24. The Balaban J connectivity index is 1.53. The minimum atomic E-state index is -0.0144. The van der Waals surface area contributed by atoms with E-state index in [0.29, 0.717) is 5.58 Å². The van der Waals surface area contributed by atoms with Gasteiger partial charge in [-0.2, -0.15) is 4.98 Å². The maximum Gasteiger partial charge on any atom is 0.292 e. The summed E-state index contributed by atoms with van der Waals surface area (Å²) in [5, 5.41) is 0. The maximum absolute atomic E-state index is 5.63. The molecule has 0 fully saturated rings. The second kappa shape index (κ2) is 5.20. The number of fused-ring (bicyclic) bond motifs is 2. The van der Waals surface area contributed by atoms with Crippen LogP contribution in [0.1, 0.15) is 17.4 Å². The highest BCUT2D eigenvalue weighted by Gasteiger charge is 2.19. The van der Waals surface area contributed by atoms with E-state index in [9.17, 15) is 0 Å². The van der Waals surface area contributed by atoms with Gasteiger partial charge in [0.2, 0.25) is 0 Å². The number of nitrogens with one attached hydrogen (secondary N) is 1. The molecule has 4 heterocycles. The Hall–Kier alpha value is -3.61. The van der Waals surface area contributed by atoms with Crippen LogP contribution in [0.3, 0.4) is 0 Å². The molecule has 7 nitrogen and oxygen atoms in total. The minimum absolute atomic E-state index is 0.0144. The fraction of sp³-hybridized carbons (Fsp3) is 0.0556. The molecule has 0 amide bonds. The molecule has 1 atom stereocenters. The number of hydrogen-bond acceptors (Lipinski definition) is 6. The zero-order valence-electron chi connectivity index (χ0n) is 13.1. The van der Waals surface area contributed by atoms with Crippen LogP contribution >= 0.6 is 0 Å². The molecule has 1 aliphatic heterocycles. The van der Waals surface area contributed by atoms with Crippen molar-refractivity contribution in [1.82, 2.24) is 19.6 Å². The van der Waals surface area contributed by atoms with E-state index >= 15 is 0 Å². The third-order valence-electron chi connectivity index (χ3n) is 4.24. The van der Waals surface area contributed by atoms with Gasteiger partial charge in [0.05, 0.1) is 17.9 Å². The number of oxazole rings is 1. The molecule has 1 aliphatic rings. The molecule has 5 rings (SSSR count).